The van der Waals surface area contributed by atoms with Crippen LogP contribution in [0.3, 0.4) is 0 Å². The minimum Gasteiger partial charge on any atom is -0.479 e. The number of carboxylic acid groups (broad SMARTS) is 6. The van der Waals surface area contributed by atoms with E-state index in [2.05, 4.69) is 4.74 Å². The fourth-order valence-electron chi connectivity index (χ4n) is 8.59. The van der Waals surface area contributed by atoms with Gasteiger partial charge in [0, 0.05) is 7.11 Å². The summed E-state index contributed by atoms with van der Waals surface area (Å²) in [4.78, 5) is 73.2. The van der Waals surface area contributed by atoms with E-state index in [1.165, 1.54) is 0 Å². The fourth-order valence-corrected chi connectivity index (χ4v) is 8.59. The largest absolute Gasteiger partial charge is 0.479 e. The molecule has 0 radical (unpaired) electrons. The van der Waals surface area contributed by atoms with E-state index in [1.807, 2.05) is 0 Å². The Morgan fingerprint density at radius 3 is 0.649 bits per heavy atom. The van der Waals surface area contributed by atoms with Crippen molar-refractivity contribution < 1.29 is 183 Å². The summed E-state index contributed by atoms with van der Waals surface area (Å²) in [6, 6.07) is 0. The minimum atomic E-state index is -2.64. The van der Waals surface area contributed by atoms with Crippen LogP contribution < -0.4 is 0 Å². The summed E-state index contributed by atoms with van der Waals surface area (Å²) >= 11 is 0. The van der Waals surface area contributed by atoms with E-state index in [0.717, 1.165) is 7.11 Å². The molecule has 37 nitrogen and oxygen atoms in total. The van der Waals surface area contributed by atoms with Crippen LogP contribution >= 0.6 is 0 Å². The fraction of sp³-hybridized carbons (Fsp3) is 0.838. The molecule has 74 heavy (non-hydrogen) atoms. The molecule has 6 rings (SSSR count). The average molecular weight is 1090 g/mol. The molecule has 422 valence electrons. The van der Waals surface area contributed by atoms with E-state index in [-0.39, 0.29) is 0 Å². The second-order valence-corrected chi connectivity index (χ2v) is 17.2. The number of ether oxygens (including phenoxy) is 12. The smallest absolute Gasteiger partial charge is 0.335 e. The zero-order valence-electron chi connectivity index (χ0n) is 37.2. The van der Waals surface area contributed by atoms with Gasteiger partial charge in [-0.15, -0.1) is 0 Å². The van der Waals surface area contributed by atoms with E-state index >= 15 is 0 Å². The normalized spacial score (nSPS) is 49.1. The van der Waals surface area contributed by atoms with Gasteiger partial charge in [0.1, 0.15) is 110 Å². The van der Waals surface area contributed by atoms with Gasteiger partial charge in [-0.25, -0.2) is 28.8 Å². The molecule has 6 aliphatic heterocycles. The first-order valence-corrected chi connectivity index (χ1v) is 21.5. The van der Waals surface area contributed by atoms with Crippen molar-refractivity contribution in [2.45, 2.75) is 184 Å². The van der Waals surface area contributed by atoms with Crippen molar-refractivity contribution in [1.82, 2.24) is 0 Å². The Morgan fingerprint density at radius 2 is 0.446 bits per heavy atom. The maximum absolute atomic E-state index is 12.5. The van der Waals surface area contributed by atoms with Gasteiger partial charge < -0.3 is 154 Å². The monoisotopic (exact) mass is 1090 g/mol. The zero-order valence-corrected chi connectivity index (χ0v) is 37.2. The van der Waals surface area contributed by atoms with Crippen LogP contribution in [0.25, 0.3) is 0 Å². The SMILES string of the molecule is COC1C(C(=O)O)OC(O[C@@H]2C(C(=O)O)O[C@@H](O[C@@H]3C(C(=O)O)O[C@@H](O[C@H]4C(O)C(O)[C@H](OC5C(C(=O)O)OC(O[C@H]6C(O)C(O)[C@H](O)O[C@H]6C(=O)O)C(O)C5O)O[C@H]4C(=O)O)C(O)[C@H]3O)C(O)C2O)C(O)C1O. The number of hydrogen-bond donors (Lipinski definition) is 19. The summed E-state index contributed by atoms with van der Waals surface area (Å²) in [5, 5.41) is 198. The van der Waals surface area contributed by atoms with Gasteiger partial charge in [0.15, 0.2) is 74.4 Å². The molecule has 6 aliphatic rings. The van der Waals surface area contributed by atoms with E-state index in [1.54, 1.807) is 0 Å². The molecule has 0 spiro atoms. The predicted molar refractivity (Wildman–Crippen MR) is 207 cm³/mol. The van der Waals surface area contributed by atoms with E-state index < -0.39 is 220 Å². The van der Waals surface area contributed by atoms with Gasteiger partial charge in [-0.1, -0.05) is 0 Å². The first-order chi connectivity index (χ1) is 34.5. The molecule has 0 bridgehead atoms. The lowest BCUT2D eigenvalue weighted by molar-refractivity contribution is -0.386. The molecule has 37 heteroatoms. The van der Waals surface area contributed by atoms with Crippen molar-refractivity contribution in [3.8, 4) is 0 Å². The number of hydrogen-bond acceptors (Lipinski definition) is 31. The van der Waals surface area contributed by atoms with Crippen LogP contribution in [0.2, 0.25) is 0 Å². The molecule has 0 amide bonds. The molecular formula is C37H52O37. The van der Waals surface area contributed by atoms with Crippen molar-refractivity contribution in [2.75, 3.05) is 7.11 Å². The molecule has 0 aliphatic carbocycles. The first kappa shape index (κ1) is 59.1. The predicted octanol–water partition coefficient (Wildman–Crippen LogP) is -12.9. The molecule has 6 saturated heterocycles. The summed E-state index contributed by atoms with van der Waals surface area (Å²) in [6.07, 6.45) is -72.2. The summed E-state index contributed by atoms with van der Waals surface area (Å²) in [7, 11) is 0.956. The second-order valence-electron chi connectivity index (χ2n) is 17.2. The number of aliphatic hydroxyl groups excluding tert-OH is 13. The van der Waals surface area contributed by atoms with Crippen molar-refractivity contribution >= 4 is 35.8 Å². The first-order valence-electron chi connectivity index (χ1n) is 21.5. The molecule has 0 saturated carbocycles. The molecule has 6 heterocycles. The Kier molecular flexibility index (Phi) is 18.8. The number of aliphatic hydroxyl groups is 13. The Labute approximate surface area is 409 Å². The molecule has 19 N–H and O–H groups in total. The Hall–Kier alpha value is -4.18. The standard InChI is InChI=1S/C37H52O37/c1-63-14-3(39)9(45)33(70-20(14)26(50)51)66-16-5(41)11(47)35(72-22(16)28(54)55)68-18-7(43)13(49)37(74-24(18)30(58)59)69-19-6(42)12(48)36(73-25(19)31(60)61)67-17-4(40)10(46)34(71-23(17)29(56)57)65-15-2(38)8(44)32(62)64-21(15)27(52)53/h2-25,32-49,62H,1H3,(H,50,51)(H,52,53)(H,54,55)(H,56,57)(H,58,59)(H,60,61)/t2?,3?,4?,5?,6?,7-,8?,9?,10?,11?,12?,13?,14?,15+,16+,17?,18+,19+,20?,21-,22?,23?,24?,25-,32-,33?,34?,35-,36-,37-/m1/s1. The summed E-state index contributed by atoms with van der Waals surface area (Å²) in [5.41, 5.74) is 0. The number of aliphatic carboxylic acids is 6. The van der Waals surface area contributed by atoms with E-state index in [9.17, 15) is 126 Å². The molecule has 0 aromatic rings. The lowest BCUT2D eigenvalue weighted by atomic mass is 9.95. The maximum Gasteiger partial charge on any atom is 0.335 e. The third-order valence-electron chi connectivity index (χ3n) is 12.5. The zero-order chi connectivity index (χ0) is 55.3. The van der Waals surface area contributed by atoms with Crippen LogP contribution in [0.4, 0.5) is 0 Å². The van der Waals surface area contributed by atoms with Crippen molar-refractivity contribution in [3.63, 3.8) is 0 Å². The topological polar surface area (TPSA) is 598 Å². The maximum atomic E-state index is 12.5. The highest BCUT2D eigenvalue weighted by Crippen LogP contribution is 2.37. The number of carbonyl (C=O) groups is 6. The number of carboxylic acids is 6. The van der Waals surface area contributed by atoms with Crippen LogP contribution in [-0.4, -0.2) is 324 Å². The van der Waals surface area contributed by atoms with Crippen molar-refractivity contribution in [2.24, 2.45) is 0 Å². The van der Waals surface area contributed by atoms with Gasteiger partial charge >= 0.3 is 35.8 Å². The highest BCUT2D eigenvalue weighted by Gasteiger charge is 2.61. The molecule has 6 fully saturated rings. The van der Waals surface area contributed by atoms with Gasteiger partial charge in [0.05, 0.1) is 0 Å². The Balaban J connectivity index is 1.13. The van der Waals surface area contributed by atoms with Gasteiger partial charge in [-0.2, -0.15) is 0 Å². The third-order valence-corrected chi connectivity index (χ3v) is 12.5. The minimum absolute atomic E-state index is 0.956. The van der Waals surface area contributed by atoms with Crippen LogP contribution in [0.15, 0.2) is 0 Å². The van der Waals surface area contributed by atoms with Gasteiger partial charge in [-0.05, 0) is 0 Å². The van der Waals surface area contributed by atoms with Gasteiger partial charge in [0.2, 0.25) is 0 Å². The van der Waals surface area contributed by atoms with E-state index in [0.29, 0.717) is 0 Å². The molecule has 0 aromatic heterocycles. The summed E-state index contributed by atoms with van der Waals surface area (Å²) < 4.78 is 61.8. The third kappa shape index (κ3) is 11.6. The van der Waals surface area contributed by atoms with E-state index in [4.69, 9.17) is 52.1 Å². The summed E-state index contributed by atoms with van der Waals surface area (Å²) in [5.74, 6) is -12.0. The lowest BCUT2D eigenvalue weighted by Gasteiger charge is -2.48. The van der Waals surface area contributed by atoms with Gasteiger partial charge in [0.25, 0.3) is 0 Å². The van der Waals surface area contributed by atoms with Crippen molar-refractivity contribution in [3.05, 3.63) is 0 Å². The molecule has 30 atom stereocenters. The van der Waals surface area contributed by atoms with Crippen LogP contribution in [0.5, 0.6) is 0 Å². The molecule has 19 unspecified atom stereocenters. The van der Waals surface area contributed by atoms with Crippen molar-refractivity contribution in [1.29, 1.82) is 0 Å². The van der Waals surface area contributed by atoms with Crippen LogP contribution in [-0.2, 0) is 85.6 Å². The summed E-state index contributed by atoms with van der Waals surface area (Å²) in [6.45, 7) is 0. The average Bonchev–Trinajstić information content (AvgIpc) is 3.33. The van der Waals surface area contributed by atoms with Crippen LogP contribution in [0.1, 0.15) is 0 Å². The Morgan fingerprint density at radius 1 is 0.270 bits per heavy atom. The Bertz CT molecular complexity index is 2010. The highest BCUT2D eigenvalue weighted by atomic mass is 16.8. The van der Waals surface area contributed by atoms with Crippen LogP contribution in [0, 0.1) is 0 Å². The molecular weight excluding hydrogens is 1040 g/mol. The quantitative estimate of drug-likeness (QED) is 0.0643. The number of methoxy groups -OCH3 is 1. The second kappa shape index (κ2) is 23.6. The molecule has 0 aromatic carbocycles. The van der Waals surface area contributed by atoms with Gasteiger partial charge in [-0.3, -0.25) is 0 Å². The highest BCUT2D eigenvalue weighted by molar-refractivity contribution is 5.76. The number of rotatable bonds is 17. The lowest BCUT2D eigenvalue weighted by Crippen LogP contribution is -2.69.